The molecule has 1 N–H and O–H groups in total. The largest absolute Gasteiger partial charge is 0.314 e. The average Bonchev–Trinajstić information content (AvgIpc) is 2.31. The van der Waals surface area contributed by atoms with Crippen LogP contribution in [0, 0.1) is 5.92 Å². The van der Waals surface area contributed by atoms with Gasteiger partial charge in [-0.2, -0.15) is 0 Å². The second kappa shape index (κ2) is 7.49. The maximum absolute atomic E-state index is 3.71. The number of rotatable bonds is 7. The molecule has 0 aromatic carbocycles. The zero-order chi connectivity index (χ0) is 12.8. The lowest BCUT2D eigenvalue weighted by atomic mass is 9.81. The molecule has 2 aliphatic rings. The highest BCUT2D eigenvalue weighted by Crippen LogP contribution is 2.30. The lowest BCUT2D eigenvalue weighted by Gasteiger charge is -2.33. The van der Waals surface area contributed by atoms with Crippen molar-refractivity contribution in [3.8, 4) is 0 Å². The van der Waals surface area contributed by atoms with Gasteiger partial charge in [0.25, 0.3) is 0 Å². The van der Waals surface area contributed by atoms with Gasteiger partial charge in [0.2, 0.25) is 0 Å². The Morgan fingerprint density at radius 3 is 2.67 bits per heavy atom. The van der Waals surface area contributed by atoms with E-state index in [2.05, 4.69) is 24.1 Å². The van der Waals surface area contributed by atoms with Crippen molar-refractivity contribution < 1.29 is 0 Å². The van der Waals surface area contributed by atoms with Crippen molar-refractivity contribution in [3.05, 3.63) is 0 Å². The monoisotopic (exact) mass is 252 g/mol. The van der Waals surface area contributed by atoms with Crippen LogP contribution in [0.4, 0.5) is 0 Å². The second-order valence-corrected chi connectivity index (χ2v) is 6.62. The molecule has 2 nitrogen and oxygen atoms in total. The topological polar surface area (TPSA) is 15.3 Å². The van der Waals surface area contributed by atoms with E-state index in [0.717, 1.165) is 18.0 Å². The highest BCUT2D eigenvalue weighted by Gasteiger charge is 2.20. The van der Waals surface area contributed by atoms with Crippen LogP contribution in [0.15, 0.2) is 0 Å². The summed E-state index contributed by atoms with van der Waals surface area (Å²) in [4.78, 5) is 2.68. The van der Waals surface area contributed by atoms with E-state index in [4.69, 9.17) is 0 Å². The Hall–Kier alpha value is -0.0800. The van der Waals surface area contributed by atoms with Crippen LogP contribution in [-0.4, -0.2) is 36.6 Å². The molecule has 106 valence electrons. The SMILES string of the molecule is CC(CC1CCC1)NCCCN1CCCCC1C. The van der Waals surface area contributed by atoms with E-state index in [9.17, 15) is 0 Å². The van der Waals surface area contributed by atoms with Crippen LogP contribution in [-0.2, 0) is 0 Å². The zero-order valence-electron chi connectivity index (χ0n) is 12.5. The molecule has 2 heteroatoms. The van der Waals surface area contributed by atoms with Crippen LogP contribution in [0.5, 0.6) is 0 Å². The number of nitrogens with zero attached hydrogens (tertiary/aromatic N) is 1. The summed E-state index contributed by atoms with van der Waals surface area (Å²) in [7, 11) is 0. The fourth-order valence-corrected chi connectivity index (χ4v) is 3.43. The smallest absolute Gasteiger partial charge is 0.00669 e. The fourth-order valence-electron chi connectivity index (χ4n) is 3.43. The number of likely N-dealkylation sites (tertiary alicyclic amines) is 1. The number of hydrogen-bond donors (Lipinski definition) is 1. The molecule has 0 radical (unpaired) electrons. The Labute approximate surface area is 114 Å². The van der Waals surface area contributed by atoms with Gasteiger partial charge in [0, 0.05) is 12.1 Å². The van der Waals surface area contributed by atoms with Crippen LogP contribution in [0.25, 0.3) is 0 Å². The summed E-state index contributed by atoms with van der Waals surface area (Å²) in [5.41, 5.74) is 0. The fraction of sp³-hybridized carbons (Fsp3) is 1.00. The molecule has 1 aliphatic carbocycles. The van der Waals surface area contributed by atoms with Gasteiger partial charge in [-0.3, -0.25) is 0 Å². The van der Waals surface area contributed by atoms with Crippen molar-refractivity contribution in [1.82, 2.24) is 10.2 Å². The molecule has 0 amide bonds. The lowest BCUT2D eigenvalue weighted by molar-refractivity contribution is 0.158. The molecule has 0 spiro atoms. The minimum absolute atomic E-state index is 0.731. The van der Waals surface area contributed by atoms with Gasteiger partial charge < -0.3 is 10.2 Å². The molecule has 1 saturated heterocycles. The van der Waals surface area contributed by atoms with E-state index in [1.807, 2.05) is 0 Å². The molecule has 1 saturated carbocycles. The van der Waals surface area contributed by atoms with E-state index in [-0.39, 0.29) is 0 Å². The van der Waals surface area contributed by atoms with Gasteiger partial charge in [0.05, 0.1) is 0 Å². The average molecular weight is 252 g/mol. The summed E-state index contributed by atoms with van der Waals surface area (Å²) in [6, 6.07) is 1.56. The zero-order valence-corrected chi connectivity index (χ0v) is 12.5. The van der Waals surface area contributed by atoms with Crippen molar-refractivity contribution in [2.45, 2.75) is 77.3 Å². The van der Waals surface area contributed by atoms with Crippen molar-refractivity contribution in [2.24, 2.45) is 5.92 Å². The normalized spacial score (nSPS) is 28.0. The molecular weight excluding hydrogens is 220 g/mol. The first kappa shape index (κ1) is 14.3. The minimum atomic E-state index is 0.731. The van der Waals surface area contributed by atoms with Crippen molar-refractivity contribution in [2.75, 3.05) is 19.6 Å². The summed E-state index contributed by atoms with van der Waals surface area (Å²) in [6.07, 6.45) is 11.4. The number of hydrogen-bond acceptors (Lipinski definition) is 2. The first-order valence-electron chi connectivity index (χ1n) is 8.23. The first-order valence-corrected chi connectivity index (χ1v) is 8.23. The lowest BCUT2D eigenvalue weighted by Crippen LogP contribution is -2.39. The summed E-state index contributed by atoms with van der Waals surface area (Å²) in [6.45, 7) is 8.59. The van der Waals surface area contributed by atoms with Gasteiger partial charge >= 0.3 is 0 Å². The summed E-state index contributed by atoms with van der Waals surface area (Å²) in [5.74, 6) is 1.04. The van der Waals surface area contributed by atoms with E-state index in [0.29, 0.717) is 0 Å². The van der Waals surface area contributed by atoms with Crippen molar-refractivity contribution in [3.63, 3.8) is 0 Å². The molecule has 0 bridgehead atoms. The highest BCUT2D eigenvalue weighted by atomic mass is 15.2. The molecule has 1 aliphatic heterocycles. The molecule has 0 aromatic rings. The molecule has 2 unspecified atom stereocenters. The molecule has 1 heterocycles. The third-order valence-electron chi connectivity index (χ3n) is 4.97. The Morgan fingerprint density at radius 2 is 2.00 bits per heavy atom. The second-order valence-electron chi connectivity index (χ2n) is 6.62. The predicted octanol–water partition coefficient (Wildman–Crippen LogP) is 3.42. The highest BCUT2D eigenvalue weighted by molar-refractivity contribution is 4.76. The van der Waals surface area contributed by atoms with Crippen molar-refractivity contribution >= 4 is 0 Å². The minimum Gasteiger partial charge on any atom is -0.314 e. The Bertz CT molecular complexity index is 225. The van der Waals surface area contributed by atoms with Crippen LogP contribution in [0.1, 0.15) is 65.2 Å². The van der Waals surface area contributed by atoms with Crippen molar-refractivity contribution in [1.29, 1.82) is 0 Å². The first-order chi connectivity index (χ1) is 8.75. The predicted molar refractivity (Wildman–Crippen MR) is 78.9 cm³/mol. The molecule has 18 heavy (non-hydrogen) atoms. The van der Waals surface area contributed by atoms with E-state index >= 15 is 0 Å². The van der Waals surface area contributed by atoms with Gasteiger partial charge in [-0.1, -0.05) is 25.7 Å². The third kappa shape index (κ3) is 4.55. The van der Waals surface area contributed by atoms with Crippen LogP contribution >= 0.6 is 0 Å². The third-order valence-corrected chi connectivity index (χ3v) is 4.97. The molecule has 0 aromatic heterocycles. The van der Waals surface area contributed by atoms with Gasteiger partial charge in [-0.15, -0.1) is 0 Å². The van der Waals surface area contributed by atoms with E-state index < -0.39 is 0 Å². The standard InChI is InChI=1S/C16H32N2/c1-14(13-16-8-5-9-16)17-10-6-12-18-11-4-3-7-15(18)2/h14-17H,3-13H2,1-2H3. The van der Waals surface area contributed by atoms with Gasteiger partial charge in [-0.25, -0.2) is 0 Å². The number of nitrogens with one attached hydrogen (secondary N) is 1. The summed E-state index contributed by atoms with van der Waals surface area (Å²) >= 11 is 0. The molecular formula is C16H32N2. The van der Waals surface area contributed by atoms with Crippen LogP contribution < -0.4 is 5.32 Å². The molecule has 2 fully saturated rings. The summed E-state index contributed by atoms with van der Waals surface area (Å²) in [5, 5.41) is 3.71. The van der Waals surface area contributed by atoms with Gasteiger partial charge in [0.1, 0.15) is 0 Å². The molecule has 2 atom stereocenters. The van der Waals surface area contributed by atoms with Gasteiger partial charge in [0.15, 0.2) is 0 Å². The van der Waals surface area contributed by atoms with Crippen LogP contribution in [0.2, 0.25) is 0 Å². The quantitative estimate of drug-likeness (QED) is 0.698. The Kier molecular flexibility index (Phi) is 5.97. The number of piperidine rings is 1. The molecule has 2 rings (SSSR count). The Balaban J connectivity index is 1.49. The Morgan fingerprint density at radius 1 is 1.17 bits per heavy atom. The van der Waals surface area contributed by atoms with Crippen LogP contribution in [0.3, 0.4) is 0 Å². The summed E-state index contributed by atoms with van der Waals surface area (Å²) < 4.78 is 0. The van der Waals surface area contributed by atoms with E-state index in [1.54, 1.807) is 0 Å². The maximum Gasteiger partial charge on any atom is 0.00669 e. The van der Waals surface area contributed by atoms with Gasteiger partial charge in [-0.05, 0) is 65.1 Å². The maximum atomic E-state index is 3.71. The van der Waals surface area contributed by atoms with E-state index in [1.165, 1.54) is 71.0 Å².